The molecule has 110 valence electrons. The molecule has 1 aromatic carbocycles. The van der Waals surface area contributed by atoms with Gasteiger partial charge in [0.05, 0.1) is 5.56 Å². The minimum Gasteiger partial charge on any atom is -0.465 e. The molecular formula is C13H12ClN3O4. The van der Waals surface area contributed by atoms with Crippen molar-refractivity contribution in [2.24, 2.45) is 0 Å². The van der Waals surface area contributed by atoms with Crippen LogP contribution < -0.4 is 10.6 Å². The maximum atomic E-state index is 12.0. The first-order valence-electron chi connectivity index (χ1n) is 6.03. The summed E-state index contributed by atoms with van der Waals surface area (Å²) in [4.78, 5) is 22.3. The average molecular weight is 310 g/mol. The van der Waals surface area contributed by atoms with Gasteiger partial charge in [0.15, 0.2) is 5.69 Å². The molecule has 0 saturated carbocycles. The lowest BCUT2D eigenvalue weighted by Gasteiger charge is -2.04. The van der Waals surface area contributed by atoms with Crippen molar-refractivity contribution < 1.29 is 19.2 Å². The van der Waals surface area contributed by atoms with Crippen LogP contribution in [0.5, 0.6) is 0 Å². The largest absolute Gasteiger partial charge is 0.465 e. The van der Waals surface area contributed by atoms with Crippen LogP contribution in [0, 0.1) is 0 Å². The van der Waals surface area contributed by atoms with Crippen molar-refractivity contribution in [1.82, 2.24) is 15.8 Å². The second kappa shape index (κ2) is 6.76. The monoisotopic (exact) mass is 309 g/mol. The van der Waals surface area contributed by atoms with E-state index < -0.39 is 12.0 Å². The van der Waals surface area contributed by atoms with Crippen LogP contribution in [0.4, 0.5) is 4.79 Å². The number of benzene rings is 1. The SMILES string of the molecule is O=C(O)NCCNC(=O)c1nocc1-c1ccc(Cl)cc1. The van der Waals surface area contributed by atoms with E-state index >= 15 is 0 Å². The average Bonchev–Trinajstić information content (AvgIpc) is 2.93. The molecular weight excluding hydrogens is 298 g/mol. The molecule has 0 atom stereocenters. The Morgan fingerprint density at radius 2 is 1.86 bits per heavy atom. The Kier molecular flexibility index (Phi) is 4.78. The van der Waals surface area contributed by atoms with Gasteiger partial charge in [0.25, 0.3) is 5.91 Å². The van der Waals surface area contributed by atoms with Gasteiger partial charge >= 0.3 is 6.09 Å². The Balaban J connectivity index is 2.04. The first kappa shape index (κ1) is 14.9. The van der Waals surface area contributed by atoms with Crippen LogP contribution >= 0.6 is 11.6 Å². The fourth-order valence-electron chi connectivity index (χ4n) is 1.66. The van der Waals surface area contributed by atoms with Gasteiger partial charge < -0.3 is 20.3 Å². The number of rotatable bonds is 5. The Morgan fingerprint density at radius 1 is 1.19 bits per heavy atom. The highest BCUT2D eigenvalue weighted by molar-refractivity contribution is 6.30. The fourth-order valence-corrected chi connectivity index (χ4v) is 1.79. The number of nitrogens with zero attached hydrogens (tertiary/aromatic N) is 1. The summed E-state index contributed by atoms with van der Waals surface area (Å²) in [6.07, 6.45) is 0.223. The van der Waals surface area contributed by atoms with E-state index in [2.05, 4.69) is 15.8 Å². The molecule has 0 aliphatic rings. The maximum absolute atomic E-state index is 12.0. The highest BCUT2D eigenvalue weighted by Crippen LogP contribution is 2.24. The lowest BCUT2D eigenvalue weighted by atomic mass is 10.1. The zero-order chi connectivity index (χ0) is 15.2. The van der Waals surface area contributed by atoms with Crippen molar-refractivity contribution in [3.63, 3.8) is 0 Å². The molecule has 0 saturated heterocycles. The minimum atomic E-state index is -1.15. The minimum absolute atomic E-state index is 0.106. The summed E-state index contributed by atoms with van der Waals surface area (Å²) in [6, 6.07) is 6.89. The van der Waals surface area contributed by atoms with E-state index in [1.165, 1.54) is 6.26 Å². The number of nitrogens with one attached hydrogen (secondary N) is 2. The van der Waals surface area contributed by atoms with E-state index in [9.17, 15) is 9.59 Å². The molecule has 0 aliphatic heterocycles. The number of halogens is 1. The molecule has 7 nitrogen and oxygen atoms in total. The van der Waals surface area contributed by atoms with Crippen LogP contribution in [0.25, 0.3) is 11.1 Å². The summed E-state index contributed by atoms with van der Waals surface area (Å²) in [7, 11) is 0. The maximum Gasteiger partial charge on any atom is 0.404 e. The summed E-state index contributed by atoms with van der Waals surface area (Å²) in [5, 5.41) is 17.4. The van der Waals surface area contributed by atoms with Crippen molar-refractivity contribution in [3.05, 3.63) is 41.2 Å². The van der Waals surface area contributed by atoms with E-state index in [0.717, 1.165) is 5.56 Å². The number of hydrogen-bond acceptors (Lipinski definition) is 4. The predicted molar refractivity (Wildman–Crippen MR) is 75.3 cm³/mol. The van der Waals surface area contributed by atoms with Crippen LogP contribution in [-0.2, 0) is 0 Å². The van der Waals surface area contributed by atoms with Crippen molar-refractivity contribution in [1.29, 1.82) is 0 Å². The fraction of sp³-hybridized carbons (Fsp3) is 0.154. The van der Waals surface area contributed by atoms with Gasteiger partial charge in [0, 0.05) is 18.1 Å². The number of aromatic nitrogens is 1. The smallest absolute Gasteiger partial charge is 0.404 e. The molecule has 0 aliphatic carbocycles. The van der Waals surface area contributed by atoms with Crippen molar-refractivity contribution in [2.45, 2.75) is 0 Å². The molecule has 0 bridgehead atoms. The molecule has 0 fully saturated rings. The Labute approximate surface area is 124 Å². The second-order valence-corrected chi connectivity index (χ2v) is 4.51. The zero-order valence-corrected chi connectivity index (χ0v) is 11.6. The van der Waals surface area contributed by atoms with Crippen LogP contribution in [0.3, 0.4) is 0 Å². The van der Waals surface area contributed by atoms with Gasteiger partial charge in [-0.15, -0.1) is 0 Å². The summed E-state index contributed by atoms with van der Waals surface area (Å²) in [5.74, 6) is -0.444. The van der Waals surface area contributed by atoms with Gasteiger partial charge in [-0.1, -0.05) is 28.9 Å². The van der Waals surface area contributed by atoms with Gasteiger partial charge in [0.1, 0.15) is 6.26 Å². The normalized spacial score (nSPS) is 10.1. The quantitative estimate of drug-likeness (QED) is 0.733. The number of amides is 2. The molecule has 0 unspecified atom stereocenters. The standard InChI is InChI=1S/C13H12ClN3O4/c14-9-3-1-8(2-4-9)10-7-21-17-11(10)12(18)15-5-6-16-13(19)20/h1-4,7,16H,5-6H2,(H,15,18)(H,19,20). The van der Waals surface area contributed by atoms with Crippen LogP contribution in [-0.4, -0.2) is 35.4 Å². The molecule has 21 heavy (non-hydrogen) atoms. The van der Waals surface area contributed by atoms with Gasteiger partial charge in [-0.25, -0.2) is 4.79 Å². The molecule has 0 radical (unpaired) electrons. The lowest BCUT2D eigenvalue weighted by molar-refractivity contribution is 0.0944. The molecule has 8 heteroatoms. The van der Waals surface area contributed by atoms with Gasteiger partial charge in [-0.05, 0) is 17.7 Å². The predicted octanol–water partition coefficient (Wildman–Crippen LogP) is 1.99. The molecule has 2 rings (SSSR count). The van der Waals surface area contributed by atoms with Crippen LogP contribution in [0.1, 0.15) is 10.5 Å². The third-order valence-electron chi connectivity index (χ3n) is 2.63. The molecule has 1 aromatic heterocycles. The van der Waals surface area contributed by atoms with Crippen molar-refractivity contribution >= 4 is 23.6 Å². The Bertz CT molecular complexity index is 639. The molecule has 0 spiro atoms. The van der Waals surface area contributed by atoms with E-state index in [0.29, 0.717) is 10.6 Å². The van der Waals surface area contributed by atoms with E-state index in [1.807, 2.05) is 0 Å². The highest BCUT2D eigenvalue weighted by atomic mass is 35.5. The van der Waals surface area contributed by atoms with Gasteiger partial charge in [-0.3, -0.25) is 4.79 Å². The Morgan fingerprint density at radius 3 is 2.52 bits per heavy atom. The van der Waals surface area contributed by atoms with E-state index in [-0.39, 0.29) is 18.8 Å². The first-order valence-corrected chi connectivity index (χ1v) is 6.41. The molecule has 2 amide bonds. The summed E-state index contributed by atoms with van der Waals surface area (Å²) in [5.41, 5.74) is 1.41. The summed E-state index contributed by atoms with van der Waals surface area (Å²) < 4.78 is 4.84. The molecule has 3 N–H and O–H groups in total. The lowest BCUT2D eigenvalue weighted by Crippen LogP contribution is -2.34. The number of hydrogen-bond donors (Lipinski definition) is 3. The number of carboxylic acid groups (broad SMARTS) is 1. The summed E-state index contributed by atoms with van der Waals surface area (Å²) >= 11 is 5.81. The van der Waals surface area contributed by atoms with E-state index in [4.69, 9.17) is 21.2 Å². The summed E-state index contributed by atoms with van der Waals surface area (Å²) in [6.45, 7) is 0.257. The molecule has 1 heterocycles. The second-order valence-electron chi connectivity index (χ2n) is 4.07. The van der Waals surface area contributed by atoms with Gasteiger partial charge in [0.2, 0.25) is 0 Å². The zero-order valence-electron chi connectivity index (χ0n) is 10.8. The van der Waals surface area contributed by atoms with Crippen molar-refractivity contribution in [2.75, 3.05) is 13.1 Å². The topological polar surface area (TPSA) is 104 Å². The van der Waals surface area contributed by atoms with Crippen LogP contribution in [0.15, 0.2) is 35.1 Å². The van der Waals surface area contributed by atoms with Gasteiger partial charge in [-0.2, -0.15) is 0 Å². The third kappa shape index (κ3) is 3.96. The number of carbonyl (C=O) groups is 2. The number of carbonyl (C=O) groups excluding carboxylic acids is 1. The molecule has 2 aromatic rings. The first-order chi connectivity index (χ1) is 10.1. The highest BCUT2D eigenvalue weighted by Gasteiger charge is 2.17. The Hall–Kier alpha value is -2.54. The third-order valence-corrected chi connectivity index (χ3v) is 2.88. The van der Waals surface area contributed by atoms with Crippen molar-refractivity contribution in [3.8, 4) is 11.1 Å². The van der Waals surface area contributed by atoms with Crippen LogP contribution in [0.2, 0.25) is 5.02 Å². The van der Waals surface area contributed by atoms with E-state index in [1.54, 1.807) is 24.3 Å².